The van der Waals surface area contributed by atoms with E-state index in [9.17, 15) is 9.59 Å². The SMILES string of the molecule is CCCCCCCC(=O)N1CCN(c2cc(Cl)nc(SCC(=O)Nc3ccc(C)cc3)n2)CC1C. The number of aromatic nitrogens is 2. The highest BCUT2D eigenvalue weighted by Crippen LogP contribution is 2.25. The van der Waals surface area contributed by atoms with E-state index in [-0.39, 0.29) is 23.6 Å². The monoisotopic (exact) mass is 517 g/mol. The molecule has 0 saturated carbocycles. The maximum absolute atomic E-state index is 12.7. The Balaban J connectivity index is 1.51. The van der Waals surface area contributed by atoms with Gasteiger partial charge in [-0.1, -0.05) is 73.7 Å². The molecule has 1 aromatic carbocycles. The van der Waals surface area contributed by atoms with E-state index in [1.54, 1.807) is 6.07 Å². The Hall–Kier alpha value is -2.32. The summed E-state index contributed by atoms with van der Waals surface area (Å²) in [6, 6.07) is 9.51. The van der Waals surface area contributed by atoms with Crippen molar-refractivity contribution in [3.8, 4) is 0 Å². The van der Waals surface area contributed by atoms with E-state index in [2.05, 4.69) is 34.0 Å². The summed E-state index contributed by atoms with van der Waals surface area (Å²) in [5.74, 6) is 1.03. The van der Waals surface area contributed by atoms with Gasteiger partial charge in [0.05, 0.1) is 5.75 Å². The summed E-state index contributed by atoms with van der Waals surface area (Å²) in [6.45, 7) is 8.32. The molecule has 190 valence electrons. The van der Waals surface area contributed by atoms with Crippen LogP contribution in [0, 0.1) is 6.92 Å². The number of rotatable bonds is 11. The Morgan fingerprint density at radius 3 is 2.57 bits per heavy atom. The van der Waals surface area contributed by atoms with Gasteiger partial charge in [-0.3, -0.25) is 9.59 Å². The number of carbonyl (C=O) groups is 2. The van der Waals surface area contributed by atoms with Crippen molar-refractivity contribution in [1.29, 1.82) is 0 Å². The molecule has 2 aromatic rings. The lowest BCUT2D eigenvalue weighted by atomic mass is 10.1. The number of benzene rings is 1. The van der Waals surface area contributed by atoms with Crippen LogP contribution in [-0.2, 0) is 9.59 Å². The summed E-state index contributed by atoms with van der Waals surface area (Å²) >= 11 is 7.54. The number of nitrogens with one attached hydrogen (secondary N) is 1. The Kier molecular flexibility index (Phi) is 10.7. The average molecular weight is 518 g/mol. The topological polar surface area (TPSA) is 78.4 Å². The molecule has 9 heteroatoms. The van der Waals surface area contributed by atoms with Gasteiger partial charge in [0.2, 0.25) is 11.8 Å². The van der Waals surface area contributed by atoms with Crippen LogP contribution in [-0.4, -0.2) is 58.1 Å². The summed E-state index contributed by atoms with van der Waals surface area (Å²) in [5.41, 5.74) is 1.90. The van der Waals surface area contributed by atoms with Gasteiger partial charge in [0.1, 0.15) is 11.0 Å². The Labute approximate surface area is 218 Å². The molecule has 1 atom stereocenters. The molecule has 35 heavy (non-hydrogen) atoms. The molecule has 2 heterocycles. The minimum Gasteiger partial charge on any atom is -0.353 e. The largest absolute Gasteiger partial charge is 0.353 e. The number of thioether (sulfide) groups is 1. The molecule has 7 nitrogen and oxygen atoms in total. The fraction of sp³-hybridized carbons (Fsp3) is 0.538. The van der Waals surface area contributed by atoms with Crippen LogP contribution in [0.2, 0.25) is 5.15 Å². The Morgan fingerprint density at radius 2 is 1.86 bits per heavy atom. The zero-order valence-corrected chi connectivity index (χ0v) is 22.5. The van der Waals surface area contributed by atoms with Crippen LogP contribution in [0.1, 0.15) is 57.9 Å². The number of halogens is 1. The van der Waals surface area contributed by atoms with Gasteiger partial charge in [0.15, 0.2) is 5.16 Å². The molecular formula is C26H36ClN5O2S. The average Bonchev–Trinajstić information content (AvgIpc) is 2.83. The van der Waals surface area contributed by atoms with E-state index < -0.39 is 0 Å². The third-order valence-electron chi connectivity index (χ3n) is 6.09. The highest BCUT2D eigenvalue weighted by Gasteiger charge is 2.28. The molecule has 0 radical (unpaired) electrons. The normalized spacial score (nSPS) is 15.8. The Morgan fingerprint density at radius 1 is 1.11 bits per heavy atom. The third-order valence-corrected chi connectivity index (χ3v) is 7.14. The number of anilines is 2. The first kappa shape index (κ1) is 27.3. The van der Waals surface area contributed by atoms with E-state index in [1.165, 1.54) is 31.0 Å². The standard InChI is InChI=1S/C26H36ClN5O2S/c1-4-5-6-7-8-9-25(34)32-15-14-31(17-20(32)3)23-16-22(27)29-26(30-23)35-18-24(33)28-21-12-10-19(2)11-13-21/h10-13,16,20H,4-9,14-15,17-18H2,1-3H3,(H,28,33). The fourth-order valence-corrected chi connectivity index (χ4v) is 5.02. The molecule has 1 N–H and O–H groups in total. The van der Waals surface area contributed by atoms with E-state index in [0.717, 1.165) is 29.9 Å². The molecule has 1 saturated heterocycles. The van der Waals surface area contributed by atoms with Gasteiger partial charge in [-0.15, -0.1) is 0 Å². The van der Waals surface area contributed by atoms with E-state index in [4.69, 9.17) is 11.6 Å². The van der Waals surface area contributed by atoms with Crippen LogP contribution in [0.5, 0.6) is 0 Å². The zero-order valence-electron chi connectivity index (χ0n) is 20.9. The van der Waals surface area contributed by atoms with Crippen molar-refractivity contribution < 1.29 is 9.59 Å². The van der Waals surface area contributed by atoms with Crippen LogP contribution in [0.4, 0.5) is 11.5 Å². The summed E-state index contributed by atoms with van der Waals surface area (Å²) in [7, 11) is 0. The lowest BCUT2D eigenvalue weighted by Crippen LogP contribution is -2.54. The van der Waals surface area contributed by atoms with Gasteiger partial charge < -0.3 is 15.1 Å². The number of aryl methyl sites for hydroxylation is 1. The molecule has 1 aromatic heterocycles. The second kappa shape index (κ2) is 13.7. The predicted molar refractivity (Wildman–Crippen MR) is 144 cm³/mol. The van der Waals surface area contributed by atoms with Crippen LogP contribution >= 0.6 is 23.4 Å². The zero-order chi connectivity index (χ0) is 25.2. The van der Waals surface area contributed by atoms with Gasteiger partial charge >= 0.3 is 0 Å². The lowest BCUT2D eigenvalue weighted by Gasteiger charge is -2.40. The van der Waals surface area contributed by atoms with Gasteiger partial charge in [-0.2, -0.15) is 0 Å². The highest BCUT2D eigenvalue weighted by molar-refractivity contribution is 7.99. The first-order valence-corrected chi connectivity index (χ1v) is 13.8. The molecule has 1 unspecified atom stereocenters. The molecule has 3 rings (SSSR count). The summed E-state index contributed by atoms with van der Waals surface area (Å²) in [5, 5.41) is 3.69. The van der Waals surface area contributed by atoms with Crippen LogP contribution in [0.15, 0.2) is 35.5 Å². The maximum Gasteiger partial charge on any atom is 0.234 e. The summed E-state index contributed by atoms with van der Waals surface area (Å²) in [6.07, 6.45) is 6.36. The second-order valence-corrected chi connectivity index (χ2v) is 10.4. The van der Waals surface area contributed by atoms with Crippen molar-refractivity contribution in [2.24, 2.45) is 0 Å². The van der Waals surface area contributed by atoms with Gasteiger partial charge in [0, 0.05) is 43.9 Å². The minimum absolute atomic E-state index is 0.0945. The molecule has 2 amide bonds. The summed E-state index contributed by atoms with van der Waals surface area (Å²) < 4.78 is 0. The number of amides is 2. The van der Waals surface area contributed by atoms with Gasteiger partial charge in [-0.25, -0.2) is 9.97 Å². The van der Waals surface area contributed by atoms with Crippen molar-refractivity contribution in [3.63, 3.8) is 0 Å². The van der Waals surface area contributed by atoms with Gasteiger partial charge in [0.25, 0.3) is 0 Å². The number of hydrogen-bond acceptors (Lipinski definition) is 6. The number of hydrogen-bond donors (Lipinski definition) is 1. The van der Waals surface area contributed by atoms with E-state index in [0.29, 0.717) is 36.4 Å². The quantitative estimate of drug-likeness (QED) is 0.182. The number of unbranched alkanes of at least 4 members (excludes halogenated alkanes) is 4. The summed E-state index contributed by atoms with van der Waals surface area (Å²) in [4.78, 5) is 38.1. The van der Waals surface area contributed by atoms with Crippen molar-refractivity contribution in [2.45, 2.75) is 70.5 Å². The number of piperazine rings is 1. The van der Waals surface area contributed by atoms with Crippen molar-refractivity contribution >= 4 is 46.7 Å². The van der Waals surface area contributed by atoms with E-state index in [1.807, 2.05) is 36.1 Å². The molecule has 0 spiro atoms. The lowest BCUT2D eigenvalue weighted by molar-refractivity contribution is -0.133. The van der Waals surface area contributed by atoms with Crippen LogP contribution < -0.4 is 10.2 Å². The van der Waals surface area contributed by atoms with Crippen LogP contribution in [0.3, 0.4) is 0 Å². The molecule has 1 fully saturated rings. The molecule has 1 aliphatic heterocycles. The third kappa shape index (κ3) is 8.69. The second-order valence-electron chi connectivity index (χ2n) is 9.08. The maximum atomic E-state index is 12.7. The van der Waals surface area contributed by atoms with Crippen LogP contribution in [0.25, 0.3) is 0 Å². The molecule has 1 aliphatic rings. The predicted octanol–water partition coefficient (Wildman–Crippen LogP) is 5.57. The van der Waals surface area contributed by atoms with Crippen molar-refractivity contribution in [1.82, 2.24) is 14.9 Å². The first-order chi connectivity index (χ1) is 16.9. The highest BCUT2D eigenvalue weighted by atomic mass is 35.5. The minimum atomic E-state index is -0.126. The smallest absolute Gasteiger partial charge is 0.234 e. The molecular weight excluding hydrogens is 482 g/mol. The van der Waals surface area contributed by atoms with Crippen molar-refractivity contribution in [2.75, 3.05) is 35.6 Å². The Bertz CT molecular complexity index is 988. The molecule has 0 aliphatic carbocycles. The van der Waals surface area contributed by atoms with Gasteiger partial charge in [-0.05, 0) is 32.4 Å². The van der Waals surface area contributed by atoms with E-state index >= 15 is 0 Å². The molecule has 0 bridgehead atoms. The van der Waals surface area contributed by atoms with Crippen molar-refractivity contribution in [3.05, 3.63) is 41.0 Å². The first-order valence-electron chi connectivity index (χ1n) is 12.4. The fourth-order valence-electron chi connectivity index (χ4n) is 4.14. The number of nitrogens with zero attached hydrogens (tertiary/aromatic N) is 4. The number of carbonyl (C=O) groups excluding carboxylic acids is 2.